The molecule has 12 heteroatoms. The van der Waals surface area contributed by atoms with E-state index in [1.165, 1.54) is 12.1 Å². The van der Waals surface area contributed by atoms with E-state index in [9.17, 15) is 31.4 Å². The van der Waals surface area contributed by atoms with Gasteiger partial charge in [-0.25, -0.2) is 4.99 Å². The highest BCUT2D eigenvalue weighted by atomic mass is 79.9. The molecule has 1 heterocycles. The van der Waals surface area contributed by atoms with Crippen LogP contribution in [-0.2, 0) is 26.4 Å². The first-order chi connectivity index (χ1) is 16.9. The number of alkyl halides is 6. The Morgan fingerprint density at radius 2 is 1.53 bits per heavy atom. The SMILES string of the molecule is Cn1c(=Nc2ccc(OC(F)(F)F)cc2)n(Cc2ccc(CO)cc2)c2cc(C(F)(F)F)cc(Br)c21. The van der Waals surface area contributed by atoms with Crippen molar-refractivity contribution in [1.29, 1.82) is 0 Å². The predicted molar refractivity (Wildman–Crippen MR) is 123 cm³/mol. The number of halogens is 7. The second-order valence-corrected chi connectivity index (χ2v) is 8.75. The number of rotatable bonds is 5. The molecule has 0 unspecified atom stereocenters. The number of aliphatic hydroxyl groups excluding tert-OH is 1. The predicted octanol–water partition coefficient (Wildman–Crippen LogP) is 6.43. The van der Waals surface area contributed by atoms with Crippen LogP contribution < -0.4 is 10.4 Å². The van der Waals surface area contributed by atoms with Crippen LogP contribution >= 0.6 is 15.9 Å². The molecule has 0 bridgehead atoms. The Hall–Kier alpha value is -3.25. The Balaban J connectivity index is 1.91. The summed E-state index contributed by atoms with van der Waals surface area (Å²) in [4.78, 5) is 4.53. The normalized spacial score (nSPS) is 13.0. The average Bonchev–Trinajstić information content (AvgIpc) is 3.05. The maximum absolute atomic E-state index is 13.6. The molecule has 0 radical (unpaired) electrons. The van der Waals surface area contributed by atoms with Crippen molar-refractivity contribution in [2.75, 3.05) is 0 Å². The Labute approximate surface area is 209 Å². The maximum atomic E-state index is 13.6. The Morgan fingerprint density at radius 3 is 2.08 bits per heavy atom. The lowest BCUT2D eigenvalue weighted by Crippen LogP contribution is -2.24. The number of hydrogen-bond donors (Lipinski definition) is 1. The van der Waals surface area contributed by atoms with Crippen LogP contribution in [0.5, 0.6) is 5.75 Å². The molecular weight excluding hydrogens is 556 g/mol. The lowest BCUT2D eigenvalue weighted by molar-refractivity contribution is -0.274. The third kappa shape index (κ3) is 5.59. The van der Waals surface area contributed by atoms with E-state index in [0.29, 0.717) is 11.1 Å². The van der Waals surface area contributed by atoms with E-state index in [1.807, 2.05) is 0 Å². The molecule has 4 aromatic rings. The van der Waals surface area contributed by atoms with Gasteiger partial charge in [0.15, 0.2) is 0 Å². The van der Waals surface area contributed by atoms with Gasteiger partial charge >= 0.3 is 12.5 Å². The largest absolute Gasteiger partial charge is 0.573 e. The van der Waals surface area contributed by atoms with Gasteiger partial charge < -0.3 is 19.0 Å². The van der Waals surface area contributed by atoms with Crippen molar-refractivity contribution in [3.63, 3.8) is 0 Å². The van der Waals surface area contributed by atoms with Gasteiger partial charge in [-0.15, -0.1) is 13.2 Å². The van der Waals surface area contributed by atoms with E-state index in [1.54, 1.807) is 40.4 Å². The summed E-state index contributed by atoms with van der Waals surface area (Å²) in [6.07, 6.45) is -9.43. The van der Waals surface area contributed by atoms with Gasteiger partial charge in [-0.2, -0.15) is 13.2 Å². The number of nitrogens with zero attached hydrogens (tertiary/aromatic N) is 3. The first kappa shape index (κ1) is 25.8. The number of aryl methyl sites for hydroxylation is 1. The summed E-state index contributed by atoms with van der Waals surface area (Å²) in [7, 11) is 1.63. The number of aromatic nitrogens is 2. The van der Waals surface area contributed by atoms with Gasteiger partial charge in [0.1, 0.15) is 5.75 Å². The van der Waals surface area contributed by atoms with Crippen LogP contribution in [0.15, 0.2) is 70.1 Å². The summed E-state index contributed by atoms with van der Waals surface area (Å²) in [5.74, 6) is -0.423. The van der Waals surface area contributed by atoms with Crippen molar-refractivity contribution in [3.8, 4) is 5.75 Å². The zero-order valence-electron chi connectivity index (χ0n) is 18.5. The average molecular weight is 574 g/mol. The molecule has 1 N–H and O–H groups in total. The van der Waals surface area contributed by atoms with Gasteiger partial charge in [-0.1, -0.05) is 24.3 Å². The topological polar surface area (TPSA) is 51.7 Å². The number of imidazole rings is 1. The standard InChI is InChI=1S/C24H18BrF6N3O2/c1-33-21-19(25)10-16(23(26,27)28)11-20(21)34(12-14-2-4-15(13-35)5-3-14)22(33)32-17-6-8-18(9-7-17)36-24(29,30)31/h2-11,35H,12-13H2,1H3. The molecule has 5 nitrogen and oxygen atoms in total. The molecule has 1 aromatic heterocycles. The minimum atomic E-state index is -4.84. The highest BCUT2D eigenvalue weighted by molar-refractivity contribution is 9.10. The van der Waals surface area contributed by atoms with Gasteiger partial charge in [-0.3, -0.25) is 0 Å². The summed E-state index contributed by atoms with van der Waals surface area (Å²) >= 11 is 3.24. The van der Waals surface area contributed by atoms with Gasteiger partial charge in [-0.05, 0) is 63.5 Å². The quantitative estimate of drug-likeness (QED) is 0.280. The van der Waals surface area contributed by atoms with E-state index >= 15 is 0 Å². The van der Waals surface area contributed by atoms with Crippen molar-refractivity contribution in [2.24, 2.45) is 12.0 Å². The van der Waals surface area contributed by atoms with Crippen LogP contribution in [0.3, 0.4) is 0 Å². The molecule has 0 atom stereocenters. The third-order valence-electron chi connectivity index (χ3n) is 5.38. The van der Waals surface area contributed by atoms with Gasteiger partial charge in [0.05, 0.1) is 35.4 Å². The Bertz CT molecular complexity index is 1450. The highest BCUT2D eigenvalue weighted by Gasteiger charge is 2.32. The van der Waals surface area contributed by atoms with Crippen molar-refractivity contribution in [1.82, 2.24) is 9.13 Å². The number of benzene rings is 3. The number of ether oxygens (including phenoxy) is 1. The fourth-order valence-corrected chi connectivity index (χ4v) is 4.45. The van der Waals surface area contributed by atoms with E-state index in [4.69, 9.17) is 0 Å². The zero-order valence-corrected chi connectivity index (χ0v) is 20.1. The lowest BCUT2D eigenvalue weighted by atomic mass is 10.1. The molecule has 0 fully saturated rings. The number of aliphatic hydroxyl groups is 1. The molecule has 4 rings (SSSR count). The van der Waals surface area contributed by atoms with E-state index < -0.39 is 23.9 Å². The molecule has 0 aliphatic carbocycles. The van der Waals surface area contributed by atoms with Crippen LogP contribution in [0.25, 0.3) is 11.0 Å². The number of hydrogen-bond acceptors (Lipinski definition) is 3. The van der Waals surface area contributed by atoms with Crippen molar-refractivity contribution in [3.05, 3.63) is 87.4 Å². The summed E-state index contributed by atoms with van der Waals surface area (Å²) in [6.45, 7) is -0.0108. The molecule has 0 aliphatic heterocycles. The zero-order chi connectivity index (χ0) is 26.3. The van der Waals surface area contributed by atoms with Crippen LogP contribution in [0.2, 0.25) is 0 Å². The lowest BCUT2D eigenvalue weighted by Gasteiger charge is -2.10. The monoisotopic (exact) mass is 573 g/mol. The van der Waals surface area contributed by atoms with Crippen molar-refractivity contribution >= 4 is 32.7 Å². The summed E-state index contributed by atoms with van der Waals surface area (Å²) in [5, 5.41) is 9.28. The van der Waals surface area contributed by atoms with Crippen LogP contribution in [-0.4, -0.2) is 20.6 Å². The third-order valence-corrected chi connectivity index (χ3v) is 5.99. The summed E-state index contributed by atoms with van der Waals surface area (Å²) in [5.41, 5.74) is 1.80. The van der Waals surface area contributed by atoms with E-state index in [0.717, 1.165) is 29.8 Å². The molecule has 36 heavy (non-hydrogen) atoms. The smallest absolute Gasteiger partial charge is 0.406 e. The molecular formula is C24H18BrF6N3O2. The van der Waals surface area contributed by atoms with Gasteiger partial charge in [0.2, 0.25) is 5.62 Å². The molecule has 0 saturated carbocycles. The first-order valence-electron chi connectivity index (χ1n) is 10.4. The molecule has 190 valence electrons. The van der Waals surface area contributed by atoms with Crippen molar-refractivity contribution in [2.45, 2.75) is 25.7 Å². The highest BCUT2D eigenvalue weighted by Crippen LogP contribution is 2.35. The van der Waals surface area contributed by atoms with E-state index in [2.05, 4.69) is 25.7 Å². The van der Waals surface area contributed by atoms with Crippen LogP contribution in [0, 0.1) is 0 Å². The fraction of sp³-hybridized carbons (Fsp3) is 0.208. The fourth-order valence-electron chi connectivity index (χ4n) is 3.74. The van der Waals surface area contributed by atoms with Crippen LogP contribution in [0.4, 0.5) is 32.0 Å². The molecule has 0 amide bonds. The second-order valence-electron chi connectivity index (χ2n) is 7.90. The van der Waals surface area contributed by atoms with E-state index in [-0.39, 0.29) is 34.4 Å². The van der Waals surface area contributed by atoms with Crippen molar-refractivity contribution < 1.29 is 36.2 Å². The number of fused-ring (bicyclic) bond motifs is 1. The second kappa shape index (κ2) is 9.66. The molecule has 0 saturated heterocycles. The summed E-state index contributed by atoms with van der Waals surface area (Å²) in [6, 6.07) is 13.7. The molecule has 0 spiro atoms. The molecule has 0 aliphatic rings. The first-order valence-corrected chi connectivity index (χ1v) is 11.2. The van der Waals surface area contributed by atoms with Gasteiger partial charge in [0, 0.05) is 11.5 Å². The minimum Gasteiger partial charge on any atom is -0.406 e. The van der Waals surface area contributed by atoms with Crippen LogP contribution in [0.1, 0.15) is 16.7 Å². The molecule has 3 aromatic carbocycles. The Morgan fingerprint density at radius 1 is 0.917 bits per heavy atom. The minimum absolute atomic E-state index is 0.144. The maximum Gasteiger partial charge on any atom is 0.573 e. The Kier molecular flexibility index (Phi) is 6.93. The summed E-state index contributed by atoms with van der Waals surface area (Å²) < 4.78 is 85.4. The van der Waals surface area contributed by atoms with Gasteiger partial charge in [0.25, 0.3) is 0 Å².